The zero-order chi connectivity index (χ0) is 13.0. The molecule has 2 atom stereocenters. The molecule has 1 amide bonds. The molecule has 0 radical (unpaired) electrons. The number of rotatable bonds is 4. The van der Waals surface area contributed by atoms with E-state index in [4.69, 9.17) is 0 Å². The van der Waals surface area contributed by atoms with Crippen molar-refractivity contribution >= 4 is 17.7 Å². The van der Waals surface area contributed by atoms with Gasteiger partial charge in [0.1, 0.15) is 0 Å². The van der Waals surface area contributed by atoms with Crippen molar-refractivity contribution < 1.29 is 4.79 Å². The fraction of sp³-hybridized carbons (Fsp3) is 0.929. The van der Waals surface area contributed by atoms with Gasteiger partial charge in [-0.1, -0.05) is 6.92 Å². The molecular weight excluding hydrogens is 244 g/mol. The summed E-state index contributed by atoms with van der Waals surface area (Å²) in [5.41, 5.74) is 0. The van der Waals surface area contributed by atoms with E-state index in [0.29, 0.717) is 11.9 Å². The largest absolute Gasteiger partial charge is 0.337 e. The van der Waals surface area contributed by atoms with Gasteiger partial charge in [0.05, 0.1) is 4.75 Å². The van der Waals surface area contributed by atoms with E-state index in [1.54, 1.807) is 0 Å². The number of hydrogen-bond acceptors (Lipinski definition) is 3. The molecule has 0 aromatic rings. The lowest BCUT2D eigenvalue weighted by atomic mass is 9.99. The van der Waals surface area contributed by atoms with Crippen LogP contribution < -0.4 is 5.32 Å². The first-order valence-corrected chi connectivity index (χ1v) is 8.31. The third-order valence-electron chi connectivity index (χ3n) is 4.11. The van der Waals surface area contributed by atoms with Gasteiger partial charge in [0.25, 0.3) is 0 Å². The second-order valence-electron chi connectivity index (χ2n) is 5.68. The molecule has 0 aromatic heterocycles. The Hall–Kier alpha value is -0.220. The second kappa shape index (κ2) is 6.29. The summed E-state index contributed by atoms with van der Waals surface area (Å²) in [6.07, 6.45) is 5.66. The number of nitrogens with zero attached hydrogens (tertiary/aromatic N) is 1. The molecule has 2 aliphatic rings. The van der Waals surface area contributed by atoms with E-state index in [0.717, 1.165) is 38.2 Å². The molecule has 2 heterocycles. The highest BCUT2D eigenvalue weighted by Crippen LogP contribution is 2.39. The minimum atomic E-state index is -0.146. The van der Waals surface area contributed by atoms with Crippen molar-refractivity contribution in [1.82, 2.24) is 10.2 Å². The van der Waals surface area contributed by atoms with Gasteiger partial charge in [0.15, 0.2) is 0 Å². The van der Waals surface area contributed by atoms with Crippen LogP contribution in [0, 0.1) is 0 Å². The van der Waals surface area contributed by atoms with Gasteiger partial charge in [0.2, 0.25) is 5.91 Å². The number of carbonyl (C=O) groups is 1. The van der Waals surface area contributed by atoms with Crippen molar-refractivity contribution in [3.8, 4) is 0 Å². The predicted octanol–water partition coefficient (Wildman–Crippen LogP) is 2.26. The molecule has 2 rings (SSSR count). The van der Waals surface area contributed by atoms with Crippen LogP contribution in [-0.4, -0.2) is 47.0 Å². The Balaban J connectivity index is 2.05. The van der Waals surface area contributed by atoms with Gasteiger partial charge in [-0.25, -0.2) is 0 Å². The van der Waals surface area contributed by atoms with E-state index >= 15 is 0 Å². The van der Waals surface area contributed by atoms with Gasteiger partial charge in [-0.3, -0.25) is 4.79 Å². The SMILES string of the molecule is CCCN(C(=O)C1(C)CCCS1)C1CCCNC1. The summed E-state index contributed by atoms with van der Waals surface area (Å²) < 4.78 is -0.146. The van der Waals surface area contributed by atoms with Crippen molar-refractivity contribution in [2.75, 3.05) is 25.4 Å². The summed E-state index contributed by atoms with van der Waals surface area (Å²) in [5, 5.41) is 3.43. The lowest BCUT2D eigenvalue weighted by Gasteiger charge is -2.39. The molecule has 0 saturated carbocycles. The molecule has 104 valence electrons. The Morgan fingerprint density at radius 2 is 2.33 bits per heavy atom. The molecule has 0 aromatic carbocycles. The van der Waals surface area contributed by atoms with Gasteiger partial charge in [-0.15, -0.1) is 11.8 Å². The predicted molar refractivity (Wildman–Crippen MR) is 78.0 cm³/mol. The average Bonchev–Trinajstić information content (AvgIpc) is 2.84. The van der Waals surface area contributed by atoms with Crippen molar-refractivity contribution in [2.45, 2.75) is 56.7 Å². The number of piperidine rings is 1. The Labute approximate surface area is 115 Å². The third-order valence-corrected chi connectivity index (χ3v) is 5.62. The van der Waals surface area contributed by atoms with E-state index in [2.05, 4.69) is 24.1 Å². The van der Waals surface area contributed by atoms with Crippen LogP contribution in [0.25, 0.3) is 0 Å². The molecule has 0 aliphatic carbocycles. The first-order valence-electron chi connectivity index (χ1n) is 7.33. The van der Waals surface area contributed by atoms with Crippen molar-refractivity contribution in [2.24, 2.45) is 0 Å². The Morgan fingerprint density at radius 1 is 1.50 bits per heavy atom. The summed E-state index contributed by atoms with van der Waals surface area (Å²) in [6.45, 7) is 7.32. The van der Waals surface area contributed by atoms with Crippen LogP contribution in [-0.2, 0) is 4.79 Å². The van der Waals surface area contributed by atoms with Gasteiger partial charge < -0.3 is 10.2 Å². The Morgan fingerprint density at radius 3 is 2.89 bits per heavy atom. The second-order valence-corrected chi connectivity index (χ2v) is 7.28. The Kier molecular flexibility index (Phi) is 4.96. The molecule has 2 aliphatic heterocycles. The molecule has 4 heteroatoms. The van der Waals surface area contributed by atoms with Gasteiger partial charge >= 0.3 is 0 Å². The molecule has 3 nitrogen and oxygen atoms in total. The molecule has 2 saturated heterocycles. The van der Waals surface area contributed by atoms with Crippen LogP contribution in [0.15, 0.2) is 0 Å². The van der Waals surface area contributed by atoms with Crippen LogP contribution in [0.2, 0.25) is 0 Å². The van der Waals surface area contributed by atoms with Gasteiger partial charge in [-0.2, -0.15) is 0 Å². The number of thioether (sulfide) groups is 1. The van der Waals surface area contributed by atoms with E-state index in [-0.39, 0.29) is 4.75 Å². The van der Waals surface area contributed by atoms with Crippen LogP contribution in [0.1, 0.15) is 46.0 Å². The number of hydrogen-bond donors (Lipinski definition) is 1. The zero-order valence-electron chi connectivity index (χ0n) is 11.7. The van der Waals surface area contributed by atoms with Crippen LogP contribution >= 0.6 is 11.8 Å². The van der Waals surface area contributed by atoms with Gasteiger partial charge in [0, 0.05) is 19.1 Å². The third kappa shape index (κ3) is 3.02. The first-order chi connectivity index (χ1) is 8.67. The van der Waals surface area contributed by atoms with E-state index in [1.165, 1.54) is 19.3 Å². The maximum atomic E-state index is 12.8. The van der Waals surface area contributed by atoms with Crippen LogP contribution in [0.3, 0.4) is 0 Å². The minimum Gasteiger partial charge on any atom is -0.337 e. The summed E-state index contributed by atoms with van der Waals surface area (Å²) in [4.78, 5) is 15.0. The topological polar surface area (TPSA) is 32.3 Å². The maximum Gasteiger partial charge on any atom is 0.238 e. The maximum absolute atomic E-state index is 12.8. The van der Waals surface area contributed by atoms with Gasteiger partial charge in [-0.05, 0) is 51.3 Å². The Bertz CT molecular complexity index is 284. The number of carbonyl (C=O) groups excluding carboxylic acids is 1. The highest BCUT2D eigenvalue weighted by Gasteiger charge is 2.41. The zero-order valence-corrected chi connectivity index (χ0v) is 12.5. The lowest BCUT2D eigenvalue weighted by molar-refractivity contribution is -0.136. The van der Waals surface area contributed by atoms with E-state index in [9.17, 15) is 4.79 Å². The molecule has 0 bridgehead atoms. The fourth-order valence-electron chi connectivity index (χ4n) is 3.04. The fourth-order valence-corrected chi connectivity index (χ4v) is 4.31. The van der Waals surface area contributed by atoms with Crippen molar-refractivity contribution in [1.29, 1.82) is 0 Å². The summed E-state index contributed by atoms with van der Waals surface area (Å²) in [7, 11) is 0. The van der Waals surface area contributed by atoms with Crippen molar-refractivity contribution in [3.63, 3.8) is 0 Å². The highest BCUT2D eigenvalue weighted by atomic mass is 32.2. The lowest BCUT2D eigenvalue weighted by Crippen LogP contribution is -2.54. The molecule has 0 spiro atoms. The van der Waals surface area contributed by atoms with Crippen molar-refractivity contribution in [3.05, 3.63) is 0 Å². The monoisotopic (exact) mass is 270 g/mol. The molecule has 1 N–H and O–H groups in total. The number of nitrogens with one attached hydrogen (secondary N) is 1. The molecule has 2 fully saturated rings. The quantitative estimate of drug-likeness (QED) is 0.850. The summed E-state index contributed by atoms with van der Waals surface area (Å²) >= 11 is 1.86. The normalized spacial score (nSPS) is 32.4. The minimum absolute atomic E-state index is 0.146. The van der Waals surface area contributed by atoms with E-state index in [1.807, 2.05) is 11.8 Å². The van der Waals surface area contributed by atoms with E-state index < -0.39 is 0 Å². The van der Waals surface area contributed by atoms with Crippen LogP contribution in [0.5, 0.6) is 0 Å². The number of amides is 1. The smallest absolute Gasteiger partial charge is 0.238 e. The highest BCUT2D eigenvalue weighted by molar-refractivity contribution is 8.01. The van der Waals surface area contributed by atoms with Crippen LogP contribution in [0.4, 0.5) is 0 Å². The average molecular weight is 270 g/mol. The molecule has 18 heavy (non-hydrogen) atoms. The first kappa shape index (κ1) is 14.2. The standard InChI is InChI=1S/C14H26N2OS/c1-3-9-16(12-6-4-8-15-11-12)13(17)14(2)7-5-10-18-14/h12,15H,3-11H2,1-2H3. The summed E-state index contributed by atoms with van der Waals surface area (Å²) in [6, 6.07) is 0.421. The molecular formula is C14H26N2OS. The summed E-state index contributed by atoms with van der Waals surface area (Å²) in [5.74, 6) is 1.53. The molecule has 2 unspecified atom stereocenters.